The molecule has 0 aromatic carbocycles. The molecule has 0 aliphatic carbocycles. The summed E-state index contributed by atoms with van der Waals surface area (Å²) in [6, 6.07) is 0.335. The zero-order valence-electron chi connectivity index (χ0n) is 11.3. The first-order valence-corrected chi connectivity index (χ1v) is 6.83. The fourth-order valence-electron chi connectivity index (χ4n) is 2.09. The highest BCUT2D eigenvalue weighted by Crippen LogP contribution is 2.06. The summed E-state index contributed by atoms with van der Waals surface area (Å²) in [6.45, 7) is 13.9. The minimum absolute atomic E-state index is 0.335. The Labute approximate surface area is 101 Å². The zero-order valence-corrected chi connectivity index (χ0v) is 11.3. The van der Waals surface area contributed by atoms with Crippen LogP contribution >= 0.6 is 0 Å². The predicted octanol–water partition coefficient (Wildman–Crippen LogP) is 1.39. The third-order valence-corrected chi connectivity index (χ3v) is 3.62. The maximum atomic E-state index is 6.11. The van der Waals surface area contributed by atoms with Crippen LogP contribution in [-0.4, -0.2) is 55.1 Å². The summed E-state index contributed by atoms with van der Waals surface area (Å²) in [6.07, 6.45) is 2.64. The molecule has 0 spiro atoms. The molecule has 0 aromatic rings. The van der Waals surface area contributed by atoms with Crippen molar-refractivity contribution in [1.82, 2.24) is 9.80 Å². The largest absolute Gasteiger partial charge is 0.326 e. The van der Waals surface area contributed by atoms with Crippen LogP contribution in [0.1, 0.15) is 33.6 Å². The van der Waals surface area contributed by atoms with Crippen LogP contribution in [0.25, 0.3) is 0 Å². The van der Waals surface area contributed by atoms with E-state index < -0.39 is 0 Å². The van der Waals surface area contributed by atoms with E-state index in [2.05, 4.69) is 30.6 Å². The van der Waals surface area contributed by atoms with Crippen LogP contribution in [-0.2, 0) is 0 Å². The van der Waals surface area contributed by atoms with Crippen molar-refractivity contribution in [2.75, 3.05) is 39.3 Å². The van der Waals surface area contributed by atoms with Gasteiger partial charge in [0, 0.05) is 38.8 Å². The van der Waals surface area contributed by atoms with E-state index in [1.807, 2.05) is 0 Å². The molecule has 3 heteroatoms. The Hall–Kier alpha value is -0.120. The van der Waals surface area contributed by atoms with Crippen LogP contribution < -0.4 is 5.73 Å². The Morgan fingerprint density at radius 2 is 1.62 bits per heavy atom. The van der Waals surface area contributed by atoms with Gasteiger partial charge in [-0.25, -0.2) is 0 Å². The molecule has 1 rings (SSSR count). The number of nitrogens with two attached hydrogens (primary N) is 1. The molecule has 3 nitrogen and oxygen atoms in total. The number of piperazine rings is 1. The summed E-state index contributed by atoms with van der Waals surface area (Å²) in [7, 11) is 0. The van der Waals surface area contributed by atoms with Crippen molar-refractivity contribution in [3.05, 3.63) is 0 Å². The molecule has 0 bridgehead atoms. The van der Waals surface area contributed by atoms with Crippen molar-refractivity contribution < 1.29 is 0 Å². The van der Waals surface area contributed by atoms with E-state index >= 15 is 0 Å². The van der Waals surface area contributed by atoms with Gasteiger partial charge in [0.1, 0.15) is 0 Å². The molecule has 1 saturated heterocycles. The van der Waals surface area contributed by atoms with Crippen molar-refractivity contribution in [3.63, 3.8) is 0 Å². The summed E-state index contributed by atoms with van der Waals surface area (Å²) < 4.78 is 0. The van der Waals surface area contributed by atoms with Gasteiger partial charge < -0.3 is 10.6 Å². The second kappa shape index (κ2) is 7.25. The number of nitrogens with zero attached hydrogens (tertiary/aromatic N) is 2. The lowest BCUT2D eigenvalue weighted by Gasteiger charge is -2.36. The number of hydrogen-bond donors (Lipinski definition) is 1. The second-order valence-electron chi connectivity index (χ2n) is 5.40. The standard InChI is InChI=1S/C13H29N3/c1-4-5-6-15-7-9-16(10-8-15)11-13(14)12(2)3/h12-13H,4-11,14H2,1-3H3. The van der Waals surface area contributed by atoms with Crippen LogP contribution in [0.4, 0.5) is 0 Å². The number of unbranched alkanes of at least 4 members (excludes halogenated alkanes) is 1. The lowest BCUT2D eigenvalue weighted by Crippen LogP contribution is -2.50. The zero-order chi connectivity index (χ0) is 12.0. The van der Waals surface area contributed by atoms with E-state index in [0.29, 0.717) is 12.0 Å². The van der Waals surface area contributed by atoms with Gasteiger partial charge in [-0.2, -0.15) is 0 Å². The summed E-state index contributed by atoms with van der Waals surface area (Å²) in [4.78, 5) is 5.11. The van der Waals surface area contributed by atoms with E-state index in [0.717, 1.165) is 6.54 Å². The molecule has 1 heterocycles. The molecule has 1 aliphatic heterocycles. The van der Waals surface area contributed by atoms with Gasteiger partial charge in [0.15, 0.2) is 0 Å². The Morgan fingerprint density at radius 3 is 2.12 bits per heavy atom. The predicted molar refractivity (Wildman–Crippen MR) is 70.6 cm³/mol. The van der Waals surface area contributed by atoms with Crippen molar-refractivity contribution in [2.24, 2.45) is 11.7 Å². The Kier molecular flexibility index (Phi) is 6.32. The molecule has 2 N–H and O–H groups in total. The van der Waals surface area contributed by atoms with Crippen LogP contribution in [0.15, 0.2) is 0 Å². The normalized spacial score (nSPS) is 21.6. The van der Waals surface area contributed by atoms with Gasteiger partial charge in [0.2, 0.25) is 0 Å². The lowest BCUT2D eigenvalue weighted by atomic mass is 10.0. The fraction of sp³-hybridized carbons (Fsp3) is 1.00. The average molecular weight is 227 g/mol. The molecule has 1 aliphatic rings. The molecule has 16 heavy (non-hydrogen) atoms. The number of rotatable bonds is 6. The molecule has 1 atom stereocenters. The van der Waals surface area contributed by atoms with Crippen LogP contribution in [0.3, 0.4) is 0 Å². The van der Waals surface area contributed by atoms with Gasteiger partial charge in [-0.3, -0.25) is 4.90 Å². The SMILES string of the molecule is CCCCN1CCN(CC(N)C(C)C)CC1. The highest BCUT2D eigenvalue weighted by molar-refractivity contribution is 4.77. The van der Waals surface area contributed by atoms with Gasteiger partial charge in [0.05, 0.1) is 0 Å². The van der Waals surface area contributed by atoms with Crippen molar-refractivity contribution in [3.8, 4) is 0 Å². The van der Waals surface area contributed by atoms with Crippen molar-refractivity contribution in [2.45, 2.75) is 39.7 Å². The topological polar surface area (TPSA) is 32.5 Å². The van der Waals surface area contributed by atoms with Crippen molar-refractivity contribution >= 4 is 0 Å². The van der Waals surface area contributed by atoms with E-state index in [-0.39, 0.29) is 0 Å². The van der Waals surface area contributed by atoms with Crippen LogP contribution in [0, 0.1) is 5.92 Å². The minimum atomic E-state index is 0.335. The van der Waals surface area contributed by atoms with Gasteiger partial charge in [0.25, 0.3) is 0 Å². The molecular weight excluding hydrogens is 198 g/mol. The summed E-state index contributed by atoms with van der Waals surface area (Å²) in [5.74, 6) is 0.595. The third-order valence-electron chi connectivity index (χ3n) is 3.62. The summed E-state index contributed by atoms with van der Waals surface area (Å²) in [5, 5.41) is 0. The Balaban J connectivity index is 2.16. The summed E-state index contributed by atoms with van der Waals surface area (Å²) in [5.41, 5.74) is 6.11. The monoisotopic (exact) mass is 227 g/mol. The summed E-state index contributed by atoms with van der Waals surface area (Å²) >= 11 is 0. The smallest absolute Gasteiger partial charge is 0.0191 e. The molecule has 1 fully saturated rings. The molecule has 0 aromatic heterocycles. The minimum Gasteiger partial charge on any atom is -0.326 e. The van der Waals surface area contributed by atoms with Gasteiger partial charge >= 0.3 is 0 Å². The maximum Gasteiger partial charge on any atom is 0.0191 e. The highest BCUT2D eigenvalue weighted by atomic mass is 15.3. The molecule has 1 unspecified atom stereocenters. The quantitative estimate of drug-likeness (QED) is 0.744. The van der Waals surface area contributed by atoms with E-state index in [9.17, 15) is 0 Å². The van der Waals surface area contributed by atoms with Gasteiger partial charge in [-0.1, -0.05) is 27.2 Å². The van der Waals surface area contributed by atoms with E-state index in [1.54, 1.807) is 0 Å². The van der Waals surface area contributed by atoms with Gasteiger partial charge in [-0.15, -0.1) is 0 Å². The molecule has 96 valence electrons. The average Bonchev–Trinajstić information content (AvgIpc) is 2.28. The van der Waals surface area contributed by atoms with Crippen LogP contribution in [0.2, 0.25) is 0 Å². The molecular formula is C13H29N3. The van der Waals surface area contributed by atoms with Crippen molar-refractivity contribution in [1.29, 1.82) is 0 Å². The molecule has 0 amide bonds. The maximum absolute atomic E-state index is 6.11. The Bertz CT molecular complexity index is 174. The molecule has 0 saturated carbocycles. The first-order valence-electron chi connectivity index (χ1n) is 6.83. The van der Waals surface area contributed by atoms with Crippen LogP contribution in [0.5, 0.6) is 0 Å². The third kappa shape index (κ3) is 4.81. The first kappa shape index (κ1) is 13.9. The fourth-order valence-corrected chi connectivity index (χ4v) is 2.09. The number of hydrogen-bond acceptors (Lipinski definition) is 3. The lowest BCUT2D eigenvalue weighted by molar-refractivity contribution is 0.121. The Morgan fingerprint density at radius 1 is 1.06 bits per heavy atom. The van der Waals surface area contributed by atoms with Gasteiger partial charge in [-0.05, 0) is 18.9 Å². The second-order valence-corrected chi connectivity index (χ2v) is 5.40. The molecule has 0 radical (unpaired) electrons. The van der Waals surface area contributed by atoms with E-state index in [1.165, 1.54) is 45.6 Å². The highest BCUT2D eigenvalue weighted by Gasteiger charge is 2.19. The van der Waals surface area contributed by atoms with E-state index in [4.69, 9.17) is 5.73 Å². The first-order chi connectivity index (χ1) is 7.63.